The predicted molar refractivity (Wildman–Crippen MR) is 81.5 cm³/mol. The van der Waals surface area contributed by atoms with E-state index in [0.717, 1.165) is 11.6 Å². The zero-order valence-electron chi connectivity index (χ0n) is 12.2. The molecule has 0 saturated carbocycles. The molecule has 0 bridgehead atoms. The summed E-state index contributed by atoms with van der Waals surface area (Å²) >= 11 is 0. The minimum absolute atomic E-state index is 0.0676. The summed E-state index contributed by atoms with van der Waals surface area (Å²) in [5, 5.41) is 4.34. The van der Waals surface area contributed by atoms with Gasteiger partial charge in [-0.25, -0.2) is 0 Å². The van der Waals surface area contributed by atoms with Gasteiger partial charge < -0.3 is 0 Å². The van der Waals surface area contributed by atoms with Crippen LogP contribution in [-0.2, 0) is 19.2 Å². The number of hydrogen-bond acceptors (Lipinski definition) is 4. The van der Waals surface area contributed by atoms with E-state index in [2.05, 4.69) is 10.6 Å². The van der Waals surface area contributed by atoms with Crippen molar-refractivity contribution < 1.29 is 19.2 Å². The second-order valence-electron chi connectivity index (χ2n) is 5.13. The Labute approximate surface area is 131 Å². The molecule has 0 radical (unpaired) electrons. The summed E-state index contributed by atoms with van der Waals surface area (Å²) in [7, 11) is 0. The molecule has 0 fully saturated rings. The molecule has 2 heterocycles. The highest BCUT2D eigenvalue weighted by Gasteiger charge is 2.34. The van der Waals surface area contributed by atoms with Crippen molar-refractivity contribution in [3.63, 3.8) is 0 Å². The lowest BCUT2D eigenvalue weighted by atomic mass is 9.93. The summed E-state index contributed by atoms with van der Waals surface area (Å²) in [5.74, 6) is -2.23. The Balaban J connectivity index is 2.20. The van der Waals surface area contributed by atoms with Crippen molar-refractivity contribution in [1.82, 2.24) is 10.6 Å². The molecule has 2 aliphatic heterocycles. The van der Waals surface area contributed by atoms with Crippen molar-refractivity contribution >= 4 is 29.7 Å². The molecule has 0 unspecified atom stereocenters. The first-order valence-electron chi connectivity index (χ1n) is 6.88. The maximum atomic E-state index is 12.1. The summed E-state index contributed by atoms with van der Waals surface area (Å²) in [5.41, 5.74) is 1.38. The Hall–Kier alpha value is -3.28. The number of carbonyl (C=O) groups is 4. The molecule has 2 N–H and O–H groups in total. The van der Waals surface area contributed by atoms with Gasteiger partial charge in [-0.05, 0) is 18.6 Å². The second-order valence-corrected chi connectivity index (χ2v) is 5.13. The number of nitrogens with one attached hydrogen (secondary N) is 2. The van der Waals surface area contributed by atoms with Gasteiger partial charge >= 0.3 is 0 Å². The van der Waals surface area contributed by atoms with Gasteiger partial charge in [0.25, 0.3) is 23.6 Å². The largest absolute Gasteiger partial charge is 0.289 e. The molecule has 0 saturated heterocycles. The van der Waals surface area contributed by atoms with Gasteiger partial charge in [0, 0.05) is 17.2 Å². The van der Waals surface area contributed by atoms with Crippen LogP contribution in [0.2, 0.25) is 0 Å². The fourth-order valence-electron chi connectivity index (χ4n) is 2.48. The van der Waals surface area contributed by atoms with Crippen LogP contribution in [0.15, 0.2) is 58.7 Å². The number of carbonyl (C=O) groups excluding carboxylic acids is 4. The van der Waals surface area contributed by atoms with E-state index in [9.17, 15) is 19.2 Å². The molecular weight excluding hydrogens is 296 g/mol. The Morgan fingerprint density at radius 1 is 0.913 bits per heavy atom. The van der Waals surface area contributed by atoms with Crippen LogP contribution in [-0.4, -0.2) is 23.6 Å². The second kappa shape index (κ2) is 5.49. The van der Waals surface area contributed by atoms with Crippen LogP contribution < -0.4 is 10.6 Å². The Morgan fingerprint density at radius 3 is 2.13 bits per heavy atom. The maximum absolute atomic E-state index is 12.1. The van der Waals surface area contributed by atoms with Crippen molar-refractivity contribution in [3.8, 4) is 0 Å². The van der Waals surface area contributed by atoms with Crippen molar-refractivity contribution in [2.24, 2.45) is 0 Å². The van der Waals surface area contributed by atoms with Crippen LogP contribution in [0.1, 0.15) is 12.5 Å². The van der Waals surface area contributed by atoms with Gasteiger partial charge in [-0.2, -0.15) is 0 Å². The zero-order chi connectivity index (χ0) is 16.6. The molecule has 3 rings (SSSR count). The first-order chi connectivity index (χ1) is 11.0. The molecule has 0 atom stereocenters. The summed E-state index contributed by atoms with van der Waals surface area (Å²) in [4.78, 5) is 47.2. The molecule has 114 valence electrons. The van der Waals surface area contributed by atoms with Crippen LogP contribution >= 0.6 is 0 Å². The number of hydrogen-bond donors (Lipinski definition) is 2. The monoisotopic (exact) mass is 308 g/mol. The summed E-state index contributed by atoms with van der Waals surface area (Å²) in [6.45, 7) is 1.50. The fourth-order valence-corrected chi connectivity index (χ4v) is 2.48. The minimum Gasteiger partial charge on any atom is -0.289 e. The normalized spacial score (nSPS) is 18.3. The van der Waals surface area contributed by atoms with Crippen LogP contribution in [0.5, 0.6) is 0 Å². The lowest BCUT2D eigenvalue weighted by Crippen LogP contribution is -2.25. The molecule has 0 aromatic heterocycles. The quantitative estimate of drug-likeness (QED) is 0.801. The van der Waals surface area contributed by atoms with Crippen LogP contribution in [0.4, 0.5) is 0 Å². The summed E-state index contributed by atoms with van der Waals surface area (Å²) in [6, 6.07) is 9.02. The van der Waals surface area contributed by atoms with Gasteiger partial charge in [-0.1, -0.05) is 30.3 Å². The summed E-state index contributed by atoms with van der Waals surface area (Å²) in [6.07, 6.45) is 2.74. The molecule has 1 aromatic rings. The Kier molecular flexibility index (Phi) is 3.50. The zero-order valence-corrected chi connectivity index (χ0v) is 12.2. The molecule has 6 nitrogen and oxygen atoms in total. The van der Waals surface area contributed by atoms with E-state index >= 15 is 0 Å². The number of imide groups is 2. The molecule has 23 heavy (non-hydrogen) atoms. The van der Waals surface area contributed by atoms with Gasteiger partial charge in [-0.15, -0.1) is 0 Å². The average molecular weight is 308 g/mol. The number of benzene rings is 1. The number of rotatable bonds is 3. The molecule has 1 aromatic carbocycles. The topological polar surface area (TPSA) is 92.3 Å². The summed E-state index contributed by atoms with van der Waals surface area (Å²) < 4.78 is 0. The van der Waals surface area contributed by atoms with Gasteiger partial charge in [0.05, 0.1) is 11.1 Å². The highest BCUT2D eigenvalue weighted by atomic mass is 16.2. The van der Waals surface area contributed by atoms with Crippen molar-refractivity contribution in [2.75, 3.05) is 0 Å². The first-order valence-corrected chi connectivity index (χ1v) is 6.88. The fraction of sp³-hybridized carbons (Fsp3) is 0.0588. The predicted octanol–water partition coefficient (Wildman–Crippen LogP) is 0.626. The van der Waals surface area contributed by atoms with Crippen LogP contribution in [0, 0.1) is 0 Å². The lowest BCUT2D eigenvalue weighted by molar-refractivity contribution is -0.125. The highest BCUT2D eigenvalue weighted by molar-refractivity contribution is 6.26. The van der Waals surface area contributed by atoms with E-state index in [0.29, 0.717) is 0 Å². The van der Waals surface area contributed by atoms with E-state index in [1.165, 1.54) is 6.92 Å². The maximum Gasteiger partial charge on any atom is 0.259 e. The van der Waals surface area contributed by atoms with E-state index in [-0.39, 0.29) is 22.3 Å². The van der Waals surface area contributed by atoms with Crippen molar-refractivity contribution in [2.45, 2.75) is 6.92 Å². The van der Waals surface area contributed by atoms with Crippen molar-refractivity contribution in [1.29, 1.82) is 0 Å². The third-order valence-corrected chi connectivity index (χ3v) is 3.60. The van der Waals surface area contributed by atoms with Gasteiger partial charge in [-0.3, -0.25) is 29.8 Å². The van der Waals surface area contributed by atoms with E-state index in [4.69, 9.17) is 0 Å². The van der Waals surface area contributed by atoms with E-state index in [1.807, 2.05) is 6.07 Å². The van der Waals surface area contributed by atoms with Crippen LogP contribution in [0.25, 0.3) is 6.08 Å². The molecule has 0 spiro atoms. The molecule has 4 amide bonds. The molecule has 6 heteroatoms. The standard InChI is InChI=1S/C17H12N2O4/c1-9-14(17(23)19-15(9)21)11(7-10-5-3-2-4-6-10)12-8-13(20)18-16(12)22/h2-8H,1H3,(H,18,20,22)(H,19,21,23). The van der Waals surface area contributed by atoms with Crippen molar-refractivity contribution in [3.05, 3.63) is 64.3 Å². The average Bonchev–Trinajstić information content (AvgIpc) is 2.97. The third kappa shape index (κ3) is 2.62. The minimum atomic E-state index is -0.593. The molecular formula is C17H12N2O4. The number of amides is 4. The van der Waals surface area contributed by atoms with E-state index in [1.54, 1.807) is 30.3 Å². The van der Waals surface area contributed by atoms with Gasteiger partial charge in [0.15, 0.2) is 0 Å². The molecule has 0 aliphatic carbocycles. The smallest absolute Gasteiger partial charge is 0.259 e. The molecule has 2 aliphatic rings. The Morgan fingerprint density at radius 2 is 1.61 bits per heavy atom. The first kappa shape index (κ1) is 14.6. The van der Waals surface area contributed by atoms with Gasteiger partial charge in [0.1, 0.15) is 0 Å². The lowest BCUT2D eigenvalue weighted by Gasteiger charge is -2.08. The van der Waals surface area contributed by atoms with E-state index < -0.39 is 23.6 Å². The SMILES string of the molecule is CC1=C(C(=Cc2ccccc2)C2=CC(=O)NC2=O)C(=O)NC1=O. The van der Waals surface area contributed by atoms with Crippen LogP contribution in [0.3, 0.4) is 0 Å². The Bertz CT molecular complexity index is 845. The highest BCUT2D eigenvalue weighted by Crippen LogP contribution is 2.30. The third-order valence-electron chi connectivity index (χ3n) is 3.60. The van der Waals surface area contributed by atoms with Gasteiger partial charge in [0.2, 0.25) is 0 Å².